The third kappa shape index (κ3) is 1.55. The second-order valence-electron chi connectivity index (χ2n) is 3.28. The Bertz CT molecular complexity index is 525. The second kappa shape index (κ2) is 3.70. The van der Waals surface area contributed by atoms with Crippen molar-refractivity contribution >= 4 is 32.4 Å². The van der Waals surface area contributed by atoms with Crippen molar-refractivity contribution in [1.29, 1.82) is 0 Å². The standard InChI is InChI=1S/C11H11BrN2O/c1-6-10(13)9-7(11(14-6)15-2)4-3-5-8(9)12/h3-5H,13H2,1-2H3. The molecule has 0 aliphatic heterocycles. The van der Waals surface area contributed by atoms with Gasteiger partial charge in [-0.15, -0.1) is 0 Å². The Morgan fingerprint density at radius 2 is 2.13 bits per heavy atom. The Kier molecular flexibility index (Phi) is 2.52. The zero-order valence-corrected chi connectivity index (χ0v) is 10.1. The number of benzene rings is 1. The molecule has 15 heavy (non-hydrogen) atoms. The minimum absolute atomic E-state index is 0.609. The predicted molar refractivity (Wildman–Crippen MR) is 65.1 cm³/mol. The van der Waals surface area contributed by atoms with Crippen LogP contribution in [0.3, 0.4) is 0 Å². The number of nitrogen functional groups attached to an aromatic ring is 1. The second-order valence-corrected chi connectivity index (χ2v) is 4.14. The molecule has 0 unspecified atom stereocenters. The van der Waals surface area contributed by atoms with E-state index in [9.17, 15) is 0 Å². The number of pyridine rings is 1. The molecule has 0 saturated carbocycles. The van der Waals surface area contributed by atoms with E-state index in [4.69, 9.17) is 10.5 Å². The van der Waals surface area contributed by atoms with E-state index in [0.29, 0.717) is 11.6 Å². The van der Waals surface area contributed by atoms with Crippen LogP contribution in [-0.2, 0) is 0 Å². The number of methoxy groups -OCH3 is 1. The van der Waals surface area contributed by atoms with Crippen molar-refractivity contribution in [2.75, 3.05) is 12.8 Å². The number of halogens is 1. The lowest BCUT2D eigenvalue weighted by molar-refractivity contribution is 0.402. The van der Waals surface area contributed by atoms with E-state index in [2.05, 4.69) is 20.9 Å². The quantitative estimate of drug-likeness (QED) is 0.864. The van der Waals surface area contributed by atoms with Gasteiger partial charge >= 0.3 is 0 Å². The molecule has 1 heterocycles. The molecule has 0 amide bonds. The molecule has 0 aliphatic rings. The van der Waals surface area contributed by atoms with Crippen LogP contribution in [0.25, 0.3) is 10.8 Å². The highest BCUT2D eigenvalue weighted by molar-refractivity contribution is 9.10. The molecule has 2 rings (SSSR count). The van der Waals surface area contributed by atoms with Crippen LogP contribution in [0, 0.1) is 6.92 Å². The van der Waals surface area contributed by atoms with Crippen LogP contribution in [0.2, 0.25) is 0 Å². The van der Waals surface area contributed by atoms with Gasteiger partial charge in [0.2, 0.25) is 5.88 Å². The van der Waals surface area contributed by atoms with Crippen molar-refractivity contribution in [2.24, 2.45) is 0 Å². The van der Waals surface area contributed by atoms with Gasteiger partial charge in [0.1, 0.15) is 0 Å². The van der Waals surface area contributed by atoms with E-state index < -0.39 is 0 Å². The smallest absolute Gasteiger partial charge is 0.221 e. The molecular formula is C11H11BrN2O. The van der Waals surface area contributed by atoms with Crippen LogP contribution >= 0.6 is 15.9 Å². The topological polar surface area (TPSA) is 48.1 Å². The minimum atomic E-state index is 0.609. The van der Waals surface area contributed by atoms with Gasteiger partial charge < -0.3 is 10.5 Å². The van der Waals surface area contributed by atoms with Gasteiger partial charge in [-0.05, 0) is 19.1 Å². The maximum atomic E-state index is 5.99. The zero-order valence-electron chi connectivity index (χ0n) is 8.54. The number of ether oxygens (including phenoxy) is 1. The molecule has 0 fully saturated rings. The highest BCUT2D eigenvalue weighted by atomic mass is 79.9. The lowest BCUT2D eigenvalue weighted by Crippen LogP contribution is -1.98. The molecule has 2 N–H and O–H groups in total. The molecule has 1 aromatic heterocycles. The number of fused-ring (bicyclic) bond motifs is 1. The zero-order chi connectivity index (χ0) is 11.0. The predicted octanol–water partition coefficient (Wildman–Crippen LogP) is 2.90. The molecular weight excluding hydrogens is 256 g/mol. The molecule has 3 nitrogen and oxygen atoms in total. The van der Waals surface area contributed by atoms with Crippen molar-refractivity contribution in [1.82, 2.24) is 4.98 Å². The number of anilines is 1. The van der Waals surface area contributed by atoms with Crippen molar-refractivity contribution in [3.05, 3.63) is 28.4 Å². The number of nitrogens with zero attached hydrogens (tertiary/aromatic N) is 1. The van der Waals surface area contributed by atoms with E-state index >= 15 is 0 Å². The highest BCUT2D eigenvalue weighted by Crippen LogP contribution is 2.35. The van der Waals surface area contributed by atoms with Gasteiger partial charge in [0.05, 0.1) is 18.5 Å². The summed E-state index contributed by atoms with van der Waals surface area (Å²) in [5.41, 5.74) is 7.47. The third-order valence-electron chi connectivity index (χ3n) is 2.37. The number of hydrogen-bond acceptors (Lipinski definition) is 3. The number of nitrogens with two attached hydrogens (primary N) is 1. The van der Waals surface area contributed by atoms with Gasteiger partial charge in [-0.1, -0.05) is 22.0 Å². The fourth-order valence-corrected chi connectivity index (χ4v) is 2.17. The van der Waals surface area contributed by atoms with Crippen molar-refractivity contribution in [3.63, 3.8) is 0 Å². The summed E-state index contributed by atoms with van der Waals surface area (Å²) in [7, 11) is 1.61. The van der Waals surface area contributed by atoms with Crippen LogP contribution in [-0.4, -0.2) is 12.1 Å². The maximum Gasteiger partial charge on any atom is 0.221 e. The third-order valence-corrected chi connectivity index (χ3v) is 3.03. The first-order chi connectivity index (χ1) is 7.15. The Labute approximate surface area is 96.4 Å². The van der Waals surface area contributed by atoms with Gasteiger partial charge in [0.15, 0.2) is 0 Å². The van der Waals surface area contributed by atoms with E-state index in [-0.39, 0.29) is 0 Å². The largest absolute Gasteiger partial charge is 0.481 e. The fourth-order valence-electron chi connectivity index (χ4n) is 1.59. The first-order valence-corrected chi connectivity index (χ1v) is 5.32. The molecule has 0 atom stereocenters. The van der Waals surface area contributed by atoms with E-state index in [1.54, 1.807) is 7.11 Å². The highest BCUT2D eigenvalue weighted by Gasteiger charge is 2.11. The number of rotatable bonds is 1. The van der Waals surface area contributed by atoms with Gasteiger partial charge in [-0.3, -0.25) is 0 Å². The molecule has 4 heteroatoms. The fraction of sp³-hybridized carbons (Fsp3) is 0.182. The Hall–Kier alpha value is -1.29. The summed E-state index contributed by atoms with van der Waals surface area (Å²) >= 11 is 3.48. The molecule has 78 valence electrons. The first kappa shape index (κ1) is 10.2. The van der Waals surface area contributed by atoms with Gasteiger partial charge in [0.25, 0.3) is 0 Å². The van der Waals surface area contributed by atoms with Crippen LogP contribution in [0.15, 0.2) is 22.7 Å². The molecule has 0 radical (unpaired) electrons. The normalized spacial score (nSPS) is 10.6. The number of hydrogen-bond donors (Lipinski definition) is 1. The van der Waals surface area contributed by atoms with E-state index in [1.165, 1.54) is 0 Å². The van der Waals surface area contributed by atoms with Crippen LogP contribution in [0.5, 0.6) is 5.88 Å². The SMILES string of the molecule is COc1nc(C)c(N)c2c(Br)cccc12. The summed E-state index contributed by atoms with van der Waals surface area (Å²) in [6, 6.07) is 5.84. The van der Waals surface area contributed by atoms with Crippen molar-refractivity contribution in [3.8, 4) is 5.88 Å². The Balaban J connectivity index is 2.96. The van der Waals surface area contributed by atoms with Crippen LogP contribution in [0.4, 0.5) is 5.69 Å². The van der Waals surface area contributed by atoms with Crippen molar-refractivity contribution in [2.45, 2.75) is 6.92 Å². The maximum absolute atomic E-state index is 5.99. The molecule has 0 spiro atoms. The monoisotopic (exact) mass is 266 g/mol. The Morgan fingerprint density at radius 3 is 2.80 bits per heavy atom. The molecule has 0 saturated heterocycles. The number of aryl methyl sites for hydroxylation is 1. The molecule has 0 aliphatic carbocycles. The van der Waals surface area contributed by atoms with E-state index in [1.807, 2.05) is 25.1 Å². The van der Waals surface area contributed by atoms with Crippen LogP contribution in [0.1, 0.15) is 5.69 Å². The lowest BCUT2D eigenvalue weighted by atomic mass is 10.1. The lowest BCUT2D eigenvalue weighted by Gasteiger charge is -2.10. The Morgan fingerprint density at radius 1 is 1.40 bits per heavy atom. The molecule has 0 bridgehead atoms. The first-order valence-electron chi connectivity index (χ1n) is 4.53. The summed E-state index contributed by atoms with van der Waals surface area (Å²) < 4.78 is 6.19. The average molecular weight is 267 g/mol. The van der Waals surface area contributed by atoms with E-state index in [0.717, 1.165) is 20.9 Å². The minimum Gasteiger partial charge on any atom is -0.481 e. The summed E-state index contributed by atoms with van der Waals surface area (Å²) in [4.78, 5) is 4.29. The summed E-state index contributed by atoms with van der Waals surface area (Å²) in [5.74, 6) is 0.609. The van der Waals surface area contributed by atoms with Crippen molar-refractivity contribution < 1.29 is 4.74 Å². The molecule has 2 aromatic rings. The number of aromatic nitrogens is 1. The summed E-state index contributed by atoms with van der Waals surface area (Å²) in [5, 5.41) is 1.89. The van der Waals surface area contributed by atoms with Gasteiger partial charge in [0, 0.05) is 15.2 Å². The van der Waals surface area contributed by atoms with Gasteiger partial charge in [-0.2, -0.15) is 0 Å². The van der Waals surface area contributed by atoms with Crippen LogP contribution < -0.4 is 10.5 Å². The summed E-state index contributed by atoms with van der Waals surface area (Å²) in [6.45, 7) is 1.87. The van der Waals surface area contributed by atoms with Gasteiger partial charge in [-0.25, -0.2) is 4.98 Å². The molecule has 1 aromatic carbocycles. The average Bonchev–Trinajstić information content (AvgIpc) is 2.23. The summed E-state index contributed by atoms with van der Waals surface area (Å²) in [6.07, 6.45) is 0.